The van der Waals surface area contributed by atoms with Gasteiger partial charge in [-0.25, -0.2) is 4.79 Å². The summed E-state index contributed by atoms with van der Waals surface area (Å²) in [6, 6.07) is 3.95. The molecule has 0 aromatic heterocycles. The monoisotopic (exact) mass is 262 g/mol. The smallest absolute Gasteiger partial charge is 0.337 e. The summed E-state index contributed by atoms with van der Waals surface area (Å²) in [5.74, 6) is -0.977. The molecule has 104 valence electrons. The summed E-state index contributed by atoms with van der Waals surface area (Å²) < 4.78 is 0. The average Bonchev–Trinajstić information content (AvgIpc) is 2.63. The Kier molecular flexibility index (Phi) is 3.43. The number of anilines is 2. The van der Waals surface area contributed by atoms with Crippen LogP contribution in [0.3, 0.4) is 0 Å². The zero-order valence-corrected chi connectivity index (χ0v) is 11.8. The van der Waals surface area contributed by atoms with E-state index in [9.17, 15) is 9.90 Å². The topological polar surface area (TPSA) is 75.3 Å². The maximum atomic E-state index is 11.2. The first-order chi connectivity index (χ1) is 8.81. The third kappa shape index (κ3) is 2.67. The highest BCUT2D eigenvalue weighted by Crippen LogP contribution is 2.39. The second kappa shape index (κ2) is 4.76. The van der Waals surface area contributed by atoms with E-state index in [1.807, 2.05) is 13.0 Å². The highest BCUT2D eigenvalue weighted by Gasteiger charge is 2.34. The molecular formula is C15H22N2O2. The molecule has 1 aliphatic rings. The molecule has 0 saturated heterocycles. The number of carboxylic acids is 1. The normalized spacial score (nSPS) is 21.3. The Labute approximate surface area is 114 Å². The van der Waals surface area contributed by atoms with Gasteiger partial charge in [0.15, 0.2) is 0 Å². The van der Waals surface area contributed by atoms with Crippen LogP contribution in [0.15, 0.2) is 12.1 Å². The lowest BCUT2D eigenvalue weighted by Crippen LogP contribution is -2.30. The molecular weight excluding hydrogens is 240 g/mol. The van der Waals surface area contributed by atoms with E-state index < -0.39 is 5.97 Å². The van der Waals surface area contributed by atoms with Gasteiger partial charge in [-0.15, -0.1) is 0 Å². The molecule has 4 N–H and O–H groups in total. The Morgan fingerprint density at radius 3 is 2.68 bits per heavy atom. The van der Waals surface area contributed by atoms with Crippen LogP contribution in [-0.2, 0) is 0 Å². The number of carbonyl (C=O) groups is 1. The van der Waals surface area contributed by atoms with E-state index in [0.29, 0.717) is 11.7 Å². The van der Waals surface area contributed by atoms with E-state index in [4.69, 9.17) is 5.73 Å². The molecule has 1 saturated carbocycles. The number of hydrogen-bond acceptors (Lipinski definition) is 3. The highest BCUT2D eigenvalue weighted by molar-refractivity contribution is 5.95. The second-order valence-electron chi connectivity index (χ2n) is 6.14. The molecule has 0 amide bonds. The van der Waals surface area contributed by atoms with Crippen molar-refractivity contribution in [1.29, 1.82) is 0 Å². The van der Waals surface area contributed by atoms with Gasteiger partial charge >= 0.3 is 5.97 Å². The predicted octanol–water partition coefficient (Wildman–Crippen LogP) is 3.27. The fraction of sp³-hybridized carbons (Fsp3) is 0.533. The fourth-order valence-electron chi connectivity index (χ4n) is 2.85. The van der Waals surface area contributed by atoms with Gasteiger partial charge in [0.25, 0.3) is 0 Å². The lowest BCUT2D eigenvalue weighted by atomic mass is 9.87. The lowest BCUT2D eigenvalue weighted by Gasteiger charge is -2.29. The number of carboxylic acid groups (broad SMARTS) is 1. The van der Waals surface area contributed by atoms with Crippen LogP contribution in [0.1, 0.15) is 49.0 Å². The van der Waals surface area contributed by atoms with Crippen LogP contribution in [-0.4, -0.2) is 17.1 Å². The molecule has 19 heavy (non-hydrogen) atoms. The number of nitrogens with two attached hydrogens (primary N) is 1. The maximum absolute atomic E-state index is 11.2. The van der Waals surface area contributed by atoms with E-state index in [1.165, 1.54) is 12.8 Å². The van der Waals surface area contributed by atoms with Gasteiger partial charge in [0, 0.05) is 17.4 Å². The molecule has 1 atom stereocenters. The number of nitrogen functional groups attached to an aromatic ring is 1. The molecule has 0 aliphatic heterocycles. The van der Waals surface area contributed by atoms with Crippen molar-refractivity contribution in [2.75, 3.05) is 11.1 Å². The third-order valence-corrected chi connectivity index (χ3v) is 4.22. The highest BCUT2D eigenvalue weighted by atomic mass is 16.4. The first-order valence-corrected chi connectivity index (χ1v) is 6.71. The molecule has 4 heteroatoms. The number of rotatable bonds is 3. The summed E-state index contributed by atoms with van der Waals surface area (Å²) in [5.41, 5.74) is 8.24. The summed E-state index contributed by atoms with van der Waals surface area (Å²) in [5, 5.41) is 12.6. The lowest BCUT2D eigenvalue weighted by molar-refractivity contribution is 0.0698. The Morgan fingerprint density at radius 1 is 1.47 bits per heavy atom. The Hall–Kier alpha value is -1.71. The van der Waals surface area contributed by atoms with Crippen molar-refractivity contribution < 1.29 is 9.90 Å². The average molecular weight is 262 g/mol. The van der Waals surface area contributed by atoms with E-state index in [-0.39, 0.29) is 11.0 Å². The van der Waals surface area contributed by atoms with Crippen molar-refractivity contribution in [3.63, 3.8) is 0 Å². The molecule has 1 fully saturated rings. The molecule has 4 nitrogen and oxygen atoms in total. The van der Waals surface area contributed by atoms with E-state index in [2.05, 4.69) is 19.2 Å². The molecule has 1 unspecified atom stereocenters. The molecule has 0 heterocycles. The minimum atomic E-state index is -0.977. The van der Waals surface area contributed by atoms with Gasteiger partial charge < -0.3 is 16.2 Å². The molecule has 2 rings (SSSR count). The van der Waals surface area contributed by atoms with Gasteiger partial charge in [-0.1, -0.05) is 20.3 Å². The van der Waals surface area contributed by atoms with Crippen molar-refractivity contribution in [3.05, 3.63) is 23.3 Å². The Morgan fingerprint density at radius 2 is 2.16 bits per heavy atom. The molecule has 1 aromatic carbocycles. The zero-order valence-electron chi connectivity index (χ0n) is 11.8. The number of nitrogens with one attached hydrogen (secondary N) is 1. The number of aromatic carboxylic acids is 1. The fourth-order valence-corrected chi connectivity index (χ4v) is 2.85. The number of hydrogen-bond donors (Lipinski definition) is 3. The van der Waals surface area contributed by atoms with Crippen LogP contribution >= 0.6 is 0 Å². The molecule has 1 aliphatic carbocycles. The van der Waals surface area contributed by atoms with Gasteiger partial charge in [0.1, 0.15) is 0 Å². The quantitative estimate of drug-likeness (QED) is 0.731. The minimum Gasteiger partial charge on any atom is -0.478 e. The summed E-state index contributed by atoms with van der Waals surface area (Å²) in [7, 11) is 0. The summed E-state index contributed by atoms with van der Waals surface area (Å²) in [6.07, 6.45) is 3.54. The third-order valence-electron chi connectivity index (χ3n) is 4.22. The number of benzene rings is 1. The molecule has 0 spiro atoms. The second-order valence-corrected chi connectivity index (χ2v) is 6.14. The number of aryl methyl sites for hydroxylation is 1. The SMILES string of the molecule is Cc1cc(NC2CCCC2(C)C)cc(C(=O)O)c1N. The van der Waals surface area contributed by atoms with E-state index in [0.717, 1.165) is 17.7 Å². The van der Waals surface area contributed by atoms with E-state index in [1.54, 1.807) is 6.07 Å². The molecule has 0 bridgehead atoms. The van der Waals surface area contributed by atoms with Gasteiger partial charge in [-0.3, -0.25) is 0 Å². The summed E-state index contributed by atoms with van der Waals surface area (Å²) >= 11 is 0. The minimum absolute atomic E-state index is 0.179. The summed E-state index contributed by atoms with van der Waals surface area (Å²) in [4.78, 5) is 11.2. The largest absolute Gasteiger partial charge is 0.478 e. The van der Waals surface area contributed by atoms with Gasteiger partial charge in [0.2, 0.25) is 0 Å². The molecule has 1 aromatic rings. The van der Waals surface area contributed by atoms with Crippen LogP contribution in [0.4, 0.5) is 11.4 Å². The van der Waals surface area contributed by atoms with Gasteiger partial charge in [-0.05, 0) is 42.9 Å². The molecule has 0 radical (unpaired) electrons. The van der Waals surface area contributed by atoms with Crippen molar-refractivity contribution in [2.45, 2.75) is 46.1 Å². The summed E-state index contributed by atoms with van der Waals surface area (Å²) in [6.45, 7) is 6.34. The van der Waals surface area contributed by atoms with Crippen LogP contribution < -0.4 is 11.1 Å². The van der Waals surface area contributed by atoms with Crippen LogP contribution in [0.25, 0.3) is 0 Å². The zero-order chi connectivity index (χ0) is 14.2. The van der Waals surface area contributed by atoms with Crippen molar-refractivity contribution in [1.82, 2.24) is 0 Å². The Bertz CT molecular complexity index is 509. The van der Waals surface area contributed by atoms with E-state index >= 15 is 0 Å². The predicted molar refractivity (Wildman–Crippen MR) is 77.6 cm³/mol. The van der Waals surface area contributed by atoms with Crippen LogP contribution in [0.5, 0.6) is 0 Å². The van der Waals surface area contributed by atoms with Crippen molar-refractivity contribution in [3.8, 4) is 0 Å². The van der Waals surface area contributed by atoms with Crippen molar-refractivity contribution in [2.24, 2.45) is 5.41 Å². The van der Waals surface area contributed by atoms with Crippen molar-refractivity contribution >= 4 is 17.3 Å². The first-order valence-electron chi connectivity index (χ1n) is 6.71. The van der Waals surface area contributed by atoms with Crippen LogP contribution in [0, 0.1) is 12.3 Å². The van der Waals surface area contributed by atoms with Gasteiger partial charge in [0.05, 0.1) is 5.56 Å². The Balaban J connectivity index is 2.29. The maximum Gasteiger partial charge on any atom is 0.337 e. The van der Waals surface area contributed by atoms with Crippen LogP contribution in [0.2, 0.25) is 0 Å². The van der Waals surface area contributed by atoms with Gasteiger partial charge in [-0.2, -0.15) is 0 Å². The first kappa shape index (κ1) is 13.7. The standard InChI is InChI=1S/C15H22N2O2/c1-9-7-10(8-11(13(9)16)14(18)19)17-12-5-4-6-15(12,2)3/h7-8,12,17H,4-6,16H2,1-3H3,(H,18,19).